The van der Waals surface area contributed by atoms with Gasteiger partial charge in [0.05, 0.1) is 16.8 Å². The minimum Gasteiger partial charge on any atom is -0.378 e. The predicted octanol–water partition coefficient (Wildman–Crippen LogP) is 4.16. The third-order valence-corrected chi connectivity index (χ3v) is 3.19. The van der Waals surface area contributed by atoms with E-state index in [1.807, 2.05) is 0 Å². The number of amides is 1. The second kappa shape index (κ2) is 6.28. The molecule has 3 nitrogen and oxygen atoms in total. The van der Waals surface area contributed by atoms with Crippen molar-refractivity contribution < 1.29 is 22.4 Å². The van der Waals surface area contributed by atoms with Gasteiger partial charge in [0.15, 0.2) is 0 Å². The van der Waals surface area contributed by atoms with Crippen LogP contribution in [0.4, 0.5) is 28.9 Å². The second-order valence-corrected chi connectivity index (χ2v) is 5.06. The normalized spacial score (nSPS) is 11.2. The fourth-order valence-corrected chi connectivity index (χ4v) is 1.99. The number of benzene rings is 2. The molecular formula is C16H14F4N2O. The highest BCUT2D eigenvalue weighted by atomic mass is 19.4. The zero-order valence-corrected chi connectivity index (χ0v) is 12.4. The number of carbonyl (C=O) groups excluding carboxylic acids is 1. The van der Waals surface area contributed by atoms with Crippen LogP contribution < -0.4 is 10.2 Å². The van der Waals surface area contributed by atoms with Gasteiger partial charge in [-0.3, -0.25) is 4.79 Å². The summed E-state index contributed by atoms with van der Waals surface area (Å²) in [7, 11) is 3.21. The van der Waals surface area contributed by atoms with E-state index in [-0.39, 0.29) is 5.56 Å². The first-order valence-electron chi connectivity index (χ1n) is 6.64. The number of nitrogens with zero attached hydrogens (tertiary/aromatic N) is 1. The van der Waals surface area contributed by atoms with Crippen molar-refractivity contribution in [2.45, 2.75) is 6.18 Å². The molecule has 0 aliphatic rings. The van der Waals surface area contributed by atoms with Crippen molar-refractivity contribution in [3.8, 4) is 0 Å². The van der Waals surface area contributed by atoms with Gasteiger partial charge in [0.2, 0.25) is 0 Å². The Morgan fingerprint density at radius 3 is 2.30 bits per heavy atom. The molecule has 0 radical (unpaired) electrons. The number of anilines is 2. The SMILES string of the molecule is CN(C)c1ccc(NC(=O)c2ccccc2F)c(C(F)(F)F)c1. The van der Waals surface area contributed by atoms with Gasteiger partial charge in [-0.15, -0.1) is 0 Å². The Labute approximate surface area is 130 Å². The molecule has 1 N–H and O–H groups in total. The van der Waals surface area contributed by atoms with E-state index in [0.29, 0.717) is 5.69 Å². The van der Waals surface area contributed by atoms with Crippen LogP contribution >= 0.6 is 0 Å². The number of hydrogen-bond donors (Lipinski definition) is 1. The smallest absolute Gasteiger partial charge is 0.378 e. The molecule has 0 atom stereocenters. The van der Waals surface area contributed by atoms with Crippen LogP contribution in [0.1, 0.15) is 15.9 Å². The third kappa shape index (κ3) is 3.80. The summed E-state index contributed by atoms with van der Waals surface area (Å²) in [6, 6.07) is 8.60. The second-order valence-electron chi connectivity index (χ2n) is 5.06. The average Bonchev–Trinajstić information content (AvgIpc) is 2.46. The van der Waals surface area contributed by atoms with Crippen LogP contribution in [0.2, 0.25) is 0 Å². The van der Waals surface area contributed by atoms with Crippen molar-refractivity contribution in [2.24, 2.45) is 0 Å². The average molecular weight is 326 g/mol. The van der Waals surface area contributed by atoms with Gasteiger partial charge in [0, 0.05) is 19.8 Å². The van der Waals surface area contributed by atoms with E-state index in [4.69, 9.17) is 0 Å². The summed E-state index contributed by atoms with van der Waals surface area (Å²) >= 11 is 0. The Morgan fingerprint density at radius 2 is 1.74 bits per heavy atom. The van der Waals surface area contributed by atoms with Crippen LogP contribution in [0.3, 0.4) is 0 Å². The Morgan fingerprint density at radius 1 is 1.09 bits per heavy atom. The van der Waals surface area contributed by atoms with Gasteiger partial charge in [0.1, 0.15) is 5.82 Å². The number of alkyl halides is 3. The van der Waals surface area contributed by atoms with Crippen LogP contribution in [0.15, 0.2) is 42.5 Å². The predicted molar refractivity (Wildman–Crippen MR) is 80.1 cm³/mol. The molecule has 2 rings (SSSR count). The van der Waals surface area contributed by atoms with Crippen molar-refractivity contribution in [1.82, 2.24) is 0 Å². The van der Waals surface area contributed by atoms with E-state index < -0.39 is 29.2 Å². The van der Waals surface area contributed by atoms with Gasteiger partial charge in [-0.25, -0.2) is 4.39 Å². The molecule has 0 aliphatic carbocycles. The van der Waals surface area contributed by atoms with Crippen molar-refractivity contribution in [3.63, 3.8) is 0 Å². The number of halogens is 4. The van der Waals surface area contributed by atoms with Crippen molar-refractivity contribution in [1.29, 1.82) is 0 Å². The lowest BCUT2D eigenvalue weighted by Gasteiger charge is -2.18. The first-order valence-corrected chi connectivity index (χ1v) is 6.64. The van der Waals surface area contributed by atoms with Crippen molar-refractivity contribution in [3.05, 3.63) is 59.4 Å². The largest absolute Gasteiger partial charge is 0.418 e. The first-order chi connectivity index (χ1) is 10.7. The number of rotatable bonds is 3. The minimum absolute atomic E-state index is 0.322. The van der Waals surface area contributed by atoms with E-state index in [9.17, 15) is 22.4 Å². The Balaban J connectivity index is 2.40. The van der Waals surface area contributed by atoms with Crippen LogP contribution in [-0.2, 0) is 6.18 Å². The molecule has 2 aromatic rings. The Hall–Kier alpha value is -2.57. The van der Waals surface area contributed by atoms with Gasteiger partial charge in [-0.2, -0.15) is 13.2 Å². The van der Waals surface area contributed by atoms with E-state index in [1.54, 1.807) is 14.1 Å². The summed E-state index contributed by atoms with van der Waals surface area (Å²) < 4.78 is 53.1. The van der Waals surface area contributed by atoms with E-state index in [2.05, 4.69) is 5.32 Å². The molecule has 2 aromatic carbocycles. The summed E-state index contributed by atoms with van der Waals surface area (Å²) in [4.78, 5) is 13.5. The minimum atomic E-state index is -4.65. The highest BCUT2D eigenvalue weighted by Crippen LogP contribution is 2.37. The maximum absolute atomic E-state index is 13.6. The topological polar surface area (TPSA) is 32.3 Å². The molecule has 0 fully saturated rings. The maximum Gasteiger partial charge on any atom is 0.418 e. The molecule has 0 unspecified atom stereocenters. The monoisotopic (exact) mass is 326 g/mol. The summed E-state index contributed by atoms with van der Waals surface area (Å²) in [5.74, 6) is -1.74. The molecule has 23 heavy (non-hydrogen) atoms. The van der Waals surface area contributed by atoms with E-state index >= 15 is 0 Å². The summed E-state index contributed by atoms with van der Waals surface area (Å²) in [6.07, 6.45) is -4.65. The molecule has 0 saturated carbocycles. The molecule has 0 spiro atoms. The number of carbonyl (C=O) groups is 1. The molecule has 0 saturated heterocycles. The van der Waals surface area contributed by atoms with E-state index in [1.165, 1.54) is 29.2 Å². The van der Waals surface area contributed by atoms with Crippen molar-refractivity contribution >= 4 is 17.3 Å². The Bertz CT molecular complexity index is 726. The molecule has 0 aliphatic heterocycles. The lowest BCUT2D eigenvalue weighted by molar-refractivity contribution is -0.136. The van der Waals surface area contributed by atoms with Gasteiger partial charge in [0.25, 0.3) is 5.91 Å². The number of nitrogens with one attached hydrogen (secondary N) is 1. The van der Waals surface area contributed by atoms with Gasteiger partial charge in [-0.1, -0.05) is 12.1 Å². The summed E-state index contributed by atoms with van der Waals surface area (Å²) in [5, 5.41) is 2.12. The van der Waals surface area contributed by atoms with Crippen LogP contribution in [0, 0.1) is 5.82 Å². The fraction of sp³-hybridized carbons (Fsp3) is 0.188. The molecular weight excluding hydrogens is 312 g/mol. The van der Waals surface area contributed by atoms with Crippen LogP contribution in [0.5, 0.6) is 0 Å². The lowest BCUT2D eigenvalue weighted by Crippen LogP contribution is -2.19. The quantitative estimate of drug-likeness (QED) is 0.859. The van der Waals surface area contributed by atoms with Crippen LogP contribution in [0.25, 0.3) is 0 Å². The van der Waals surface area contributed by atoms with Crippen molar-refractivity contribution in [2.75, 3.05) is 24.3 Å². The highest BCUT2D eigenvalue weighted by molar-refractivity contribution is 6.05. The fourth-order valence-electron chi connectivity index (χ4n) is 1.99. The van der Waals surface area contributed by atoms with E-state index in [0.717, 1.165) is 18.2 Å². The molecule has 0 bridgehead atoms. The van der Waals surface area contributed by atoms with Crippen LogP contribution in [-0.4, -0.2) is 20.0 Å². The molecule has 0 heterocycles. The maximum atomic E-state index is 13.6. The number of hydrogen-bond acceptors (Lipinski definition) is 2. The summed E-state index contributed by atoms with van der Waals surface area (Å²) in [6.45, 7) is 0. The highest BCUT2D eigenvalue weighted by Gasteiger charge is 2.34. The third-order valence-electron chi connectivity index (χ3n) is 3.19. The van der Waals surface area contributed by atoms with Gasteiger partial charge >= 0.3 is 6.18 Å². The Kier molecular flexibility index (Phi) is 4.58. The lowest BCUT2D eigenvalue weighted by atomic mass is 10.1. The van der Waals surface area contributed by atoms with Gasteiger partial charge in [-0.05, 0) is 30.3 Å². The molecule has 1 amide bonds. The molecule has 122 valence electrons. The standard InChI is InChI=1S/C16H14F4N2O/c1-22(2)10-7-8-14(12(9-10)16(18,19)20)21-15(23)11-5-3-4-6-13(11)17/h3-9H,1-2H3,(H,21,23). The van der Waals surface area contributed by atoms with Gasteiger partial charge < -0.3 is 10.2 Å². The zero-order valence-electron chi connectivity index (χ0n) is 12.4. The zero-order chi connectivity index (χ0) is 17.2. The molecule has 0 aromatic heterocycles. The first kappa shape index (κ1) is 16.8. The molecule has 7 heteroatoms. The summed E-state index contributed by atoms with van der Waals surface area (Å²) in [5.41, 5.74) is -1.40.